The standard InChI is InChI=1S/C26H30N2O2/c1-30-21-9-7-19(8-10-21)20-12-14-28(15-13-20)17-18-6-11-25-24(16-18)22-4-2-3-5-23(22)26(29)27-25/h6-11,16,20H,2-5,12-15,17H2,1H3,(H,27,29). The van der Waals surface area contributed by atoms with Crippen molar-refractivity contribution in [2.24, 2.45) is 0 Å². The van der Waals surface area contributed by atoms with Gasteiger partial charge in [-0.2, -0.15) is 0 Å². The van der Waals surface area contributed by atoms with Crippen LogP contribution in [0.3, 0.4) is 0 Å². The van der Waals surface area contributed by atoms with Gasteiger partial charge >= 0.3 is 0 Å². The van der Waals surface area contributed by atoms with Crippen LogP contribution in [-0.4, -0.2) is 30.1 Å². The molecule has 1 N–H and O–H groups in total. The number of nitrogens with zero attached hydrogens (tertiary/aromatic N) is 1. The number of aromatic amines is 1. The van der Waals surface area contributed by atoms with Crippen LogP contribution in [0.1, 0.15) is 53.9 Å². The number of likely N-dealkylation sites (tertiary alicyclic amines) is 1. The van der Waals surface area contributed by atoms with Crippen LogP contribution in [0, 0.1) is 0 Å². The fourth-order valence-electron chi connectivity index (χ4n) is 5.26. The zero-order chi connectivity index (χ0) is 20.5. The van der Waals surface area contributed by atoms with Gasteiger partial charge in [-0.3, -0.25) is 9.69 Å². The third kappa shape index (κ3) is 3.77. The fraction of sp³-hybridized carbons (Fsp3) is 0.423. The highest BCUT2D eigenvalue weighted by molar-refractivity contribution is 5.84. The van der Waals surface area contributed by atoms with Crippen LogP contribution < -0.4 is 10.3 Å². The zero-order valence-corrected chi connectivity index (χ0v) is 17.7. The number of benzene rings is 2. The molecule has 1 aliphatic heterocycles. The Morgan fingerprint density at radius 1 is 1.00 bits per heavy atom. The summed E-state index contributed by atoms with van der Waals surface area (Å²) in [5, 5.41) is 1.26. The predicted molar refractivity (Wildman–Crippen MR) is 121 cm³/mol. The molecule has 2 aromatic carbocycles. The number of methoxy groups -OCH3 is 1. The van der Waals surface area contributed by atoms with Crippen LogP contribution in [0.4, 0.5) is 0 Å². The molecular formula is C26H30N2O2. The fourth-order valence-corrected chi connectivity index (χ4v) is 5.26. The Morgan fingerprint density at radius 3 is 2.47 bits per heavy atom. The van der Waals surface area contributed by atoms with Gasteiger partial charge in [0.25, 0.3) is 5.56 Å². The topological polar surface area (TPSA) is 45.3 Å². The summed E-state index contributed by atoms with van der Waals surface area (Å²) >= 11 is 0. The molecule has 1 aliphatic carbocycles. The molecule has 4 heteroatoms. The van der Waals surface area contributed by atoms with Crippen LogP contribution in [0.5, 0.6) is 5.75 Å². The Balaban J connectivity index is 1.29. The number of fused-ring (bicyclic) bond motifs is 3. The maximum atomic E-state index is 12.4. The third-order valence-corrected chi connectivity index (χ3v) is 6.98. The molecule has 156 valence electrons. The molecule has 0 amide bonds. The van der Waals surface area contributed by atoms with Crippen molar-refractivity contribution in [3.8, 4) is 5.75 Å². The van der Waals surface area contributed by atoms with Gasteiger partial charge in [0.1, 0.15) is 5.75 Å². The van der Waals surface area contributed by atoms with Crippen molar-refractivity contribution >= 4 is 10.9 Å². The molecule has 4 nitrogen and oxygen atoms in total. The summed E-state index contributed by atoms with van der Waals surface area (Å²) in [6.45, 7) is 3.23. The zero-order valence-electron chi connectivity index (χ0n) is 17.7. The largest absolute Gasteiger partial charge is 0.497 e. The quantitative estimate of drug-likeness (QED) is 0.682. The van der Waals surface area contributed by atoms with Crippen LogP contribution >= 0.6 is 0 Å². The minimum atomic E-state index is 0.116. The Hall–Kier alpha value is -2.59. The number of aryl methyl sites for hydroxylation is 1. The number of pyridine rings is 1. The molecule has 1 saturated heterocycles. The predicted octanol–water partition coefficient (Wildman–Crippen LogP) is 4.80. The maximum Gasteiger partial charge on any atom is 0.251 e. The molecule has 5 rings (SSSR count). The summed E-state index contributed by atoms with van der Waals surface area (Å²) in [4.78, 5) is 18.1. The molecule has 3 aromatic rings. The molecule has 1 aromatic heterocycles. The summed E-state index contributed by atoms with van der Waals surface area (Å²) in [6.07, 6.45) is 6.67. The van der Waals surface area contributed by atoms with E-state index in [0.717, 1.165) is 55.7 Å². The van der Waals surface area contributed by atoms with Crippen LogP contribution in [0.25, 0.3) is 10.9 Å². The van der Waals surface area contributed by atoms with Crippen molar-refractivity contribution in [1.82, 2.24) is 9.88 Å². The van der Waals surface area contributed by atoms with E-state index < -0.39 is 0 Å². The lowest BCUT2D eigenvalue weighted by atomic mass is 9.88. The van der Waals surface area contributed by atoms with E-state index >= 15 is 0 Å². The first-order chi connectivity index (χ1) is 14.7. The van der Waals surface area contributed by atoms with E-state index in [1.54, 1.807) is 7.11 Å². The van der Waals surface area contributed by atoms with E-state index in [1.807, 2.05) is 0 Å². The number of aromatic nitrogens is 1. The van der Waals surface area contributed by atoms with Crippen molar-refractivity contribution in [1.29, 1.82) is 0 Å². The van der Waals surface area contributed by atoms with E-state index in [0.29, 0.717) is 5.92 Å². The number of ether oxygens (including phenoxy) is 1. The second kappa shape index (κ2) is 8.27. The number of nitrogens with one attached hydrogen (secondary N) is 1. The summed E-state index contributed by atoms with van der Waals surface area (Å²) in [5.41, 5.74) is 6.20. The lowest BCUT2D eigenvalue weighted by Gasteiger charge is -2.32. The first-order valence-electron chi connectivity index (χ1n) is 11.2. The SMILES string of the molecule is COc1ccc(C2CCN(Cc3ccc4[nH]c(=O)c5c(c4c3)CCCC5)CC2)cc1. The van der Waals surface area contributed by atoms with Crippen LogP contribution in [0.2, 0.25) is 0 Å². The minimum absolute atomic E-state index is 0.116. The molecular weight excluding hydrogens is 372 g/mol. The summed E-state index contributed by atoms with van der Waals surface area (Å²) < 4.78 is 5.28. The van der Waals surface area contributed by atoms with Crippen molar-refractivity contribution in [3.63, 3.8) is 0 Å². The molecule has 0 saturated carbocycles. The lowest BCUT2D eigenvalue weighted by Crippen LogP contribution is -2.32. The Labute approximate surface area is 177 Å². The summed E-state index contributed by atoms with van der Waals surface area (Å²) in [7, 11) is 1.72. The molecule has 1 fully saturated rings. The number of rotatable bonds is 4. The van der Waals surface area contributed by atoms with Crippen LogP contribution in [-0.2, 0) is 19.4 Å². The van der Waals surface area contributed by atoms with Gasteiger partial charge in [0, 0.05) is 23.0 Å². The molecule has 2 aliphatic rings. The Bertz CT molecular complexity index is 1090. The van der Waals surface area contributed by atoms with Crippen molar-refractivity contribution < 1.29 is 4.74 Å². The first-order valence-corrected chi connectivity index (χ1v) is 11.2. The van der Waals surface area contributed by atoms with E-state index in [2.05, 4.69) is 52.3 Å². The van der Waals surface area contributed by atoms with Gasteiger partial charge in [-0.05, 0) is 98.5 Å². The first kappa shape index (κ1) is 19.4. The number of hydrogen-bond acceptors (Lipinski definition) is 3. The van der Waals surface area contributed by atoms with E-state index in [-0.39, 0.29) is 5.56 Å². The molecule has 0 bridgehead atoms. The molecule has 0 radical (unpaired) electrons. The van der Waals surface area contributed by atoms with Crippen molar-refractivity contribution in [2.75, 3.05) is 20.2 Å². The number of hydrogen-bond donors (Lipinski definition) is 1. The molecule has 2 heterocycles. The highest BCUT2D eigenvalue weighted by atomic mass is 16.5. The van der Waals surface area contributed by atoms with E-state index in [1.165, 1.54) is 41.3 Å². The van der Waals surface area contributed by atoms with Crippen LogP contribution in [0.15, 0.2) is 47.3 Å². The lowest BCUT2D eigenvalue weighted by molar-refractivity contribution is 0.204. The second-order valence-electron chi connectivity index (χ2n) is 8.82. The van der Waals surface area contributed by atoms with Gasteiger partial charge in [-0.15, -0.1) is 0 Å². The van der Waals surface area contributed by atoms with Gasteiger partial charge in [0.2, 0.25) is 0 Å². The monoisotopic (exact) mass is 402 g/mol. The van der Waals surface area contributed by atoms with Gasteiger partial charge < -0.3 is 9.72 Å². The van der Waals surface area contributed by atoms with Gasteiger partial charge in [-0.1, -0.05) is 18.2 Å². The smallest absolute Gasteiger partial charge is 0.251 e. The highest BCUT2D eigenvalue weighted by Gasteiger charge is 2.21. The second-order valence-corrected chi connectivity index (χ2v) is 8.82. The molecule has 30 heavy (non-hydrogen) atoms. The van der Waals surface area contributed by atoms with Crippen molar-refractivity contribution in [3.05, 3.63) is 75.1 Å². The highest BCUT2D eigenvalue weighted by Crippen LogP contribution is 2.31. The minimum Gasteiger partial charge on any atom is -0.497 e. The third-order valence-electron chi connectivity index (χ3n) is 6.98. The molecule has 0 unspecified atom stereocenters. The van der Waals surface area contributed by atoms with Crippen molar-refractivity contribution in [2.45, 2.75) is 51.0 Å². The van der Waals surface area contributed by atoms with Gasteiger partial charge in [0.05, 0.1) is 7.11 Å². The van der Waals surface area contributed by atoms with E-state index in [9.17, 15) is 4.79 Å². The number of H-pyrrole nitrogens is 1. The summed E-state index contributed by atoms with van der Waals surface area (Å²) in [5.74, 6) is 1.57. The molecule has 0 spiro atoms. The van der Waals surface area contributed by atoms with Gasteiger partial charge in [0.15, 0.2) is 0 Å². The number of piperidine rings is 1. The average Bonchev–Trinajstić information content (AvgIpc) is 2.80. The Morgan fingerprint density at radius 2 is 1.73 bits per heavy atom. The Kier molecular flexibility index (Phi) is 5.34. The van der Waals surface area contributed by atoms with Gasteiger partial charge in [-0.25, -0.2) is 0 Å². The summed E-state index contributed by atoms with van der Waals surface area (Å²) in [6, 6.07) is 15.2. The maximum absolute atomic E-state index is 12.4. The molecule has 0 atom stereocenters. The normalized spacial score (nSPS) is 17.8. The average molecular weight is 403 g/mol. The van der Waals surface area contributed by atoms with E-state index in [4.69, 9.17) is 4.74 Å².